The van der Waals surface area contributed by atoms with Gasteiger partial charge in [0.1, 0.15) is 0 Å². The van der Waals surface area contributed by atoms with E-state index in [0.717, 1.165) is 5.56 Å². The van der Waals surface area contributed by atoms with Crippen molar-refractivity contribution in [3.63, 3.8) is 0 Å². The summed E-state index contributed by atoms with van der Waals surface area (Å²) in [5.41, 5.74) is 1.63. The number of hydrogen-bond acceptors (Lipinski definition) is 3. The van der Waals surface area contributed by atoms with E-state index in [1.807, 2.05) is 13.8 Å². The van der Waals surface area contributed by atoms with Gasteiger partial charge in [0.15, 0.2) is 11.5 Å². The Hall–Kier alpha value is -1.71. The maximum Gasteiger partial charge on any atom is 0.511 e. The molecule has 76 valence electrons. The molecule has 0 radical (unpaired) electrons. The molecule has 1 aromatic carbocycles. The van der Waals surface area contributed by atoms with Gasteiger partial charge in [-0.15, -0.1) is 0 Å². The van der Waals surface area contributed by atoms with E-state index in [4.69, 9.17) is 5.11 Å². The first-order valence-electron chi connectivity index (χ1n) is 4.28. The summed E-state index contributed by atoms with van der Waals surface area (Å²) in [6.07, 6.45) is -0.791. The number of phenolic OH excluding ortho intramolecular Hbond substituents is 1. The van der Waals surface area contributed by atoms with Crippen LogP contribution in [0.5, 0.6) is 11.5 Å². The second-order valence-corrected chi connectivity index (χ2v) is 2.93. The van der Waals surface area contributed by atoms with Crippen molar-refractivity contribution < 1.29 is 19.7 Å². The summed E-state index contributed by atoms with van der Waals surface area (Å²) >= 11 is 0. The molecular weight excluding hydrogens is 184 g/mol. The van der Waals surface area contributed by atoms with Crippen molar-refractivity contribution in [3.8, 4) is 11.5 Å². The molecule has 0 heterocycles. The zero-order chi connectivity index (χ0) is 10.7. The predicted molar refractivity (Wildman–Crippen MR) is 50.9 cm³/mol. The molecule has 0 atom stereocenters. The van der Waals surface area contributed by atoms with Gasteiger partial charge in [0.05, 0.1) is 0 Å². The lowest BCUT2D eigenvalue weighted by molar-refractivity contribution is 0.143. The minimum atomic E-state index is -1.42. The topological polar surface area (TPSA) is 66.8 Å². The fourth-order valence-electron chi connectivity index (χ4n) is 1.34. The number of ether oxygens (including phenoxy) is 1. The number of aromatic hydroxyl groups is 1. The van der Waals surface area contributed by atoms with E-state index >= 15 is 0 Å². The maximum absolute atomic E-state index is 10.3. The molecule has 1 rings (SSSR count). The summed E-state index contributed by atoms with van der Waals surface area (Å²) in [5.74, 6) is -0.102. The van der Waals surface area contributed by atoms with Crippen LogP contribution in [0.3, 0.4) is 0 Å². The van der Waals surface area contributed by atoms with Gasteiger partial charge in [-0.25, -0.2) is 4.79 Å². The number of carbonyl (C=O) groups is 1. The fraction of sp³-hybridized carbons (Fsp3) is 0.300. The van der Waals surface area contributed by atoms with Crippen LogP contribution < -0.4 is 4.74 Å². The molecular formula is C10H12O4. The van der Waals surface area contributed by atoms with Crippen LogP contribution in [-0.4, -0.2) is 16.4 Å². The first-order chi connectivity index (χ1) is 6.56. The molecule has 4 nitrogen and oxygen atoms in total. The van der Waals surface area contributed by atoms with Crippen molar-refractivity contribution in [1.82, 2.24) is 0 Å². The van der Waals surface area contributed by atoms with Crippen LogP contribution in [0.1, 0.15) is 18.1 Å². The van der Waals surface area contributed by atoms with E-state index in [-0.39, 0.29) is 11.5 Å². The summed E-state index contributed by atoms with van der Waals surface area (Å²) < 4.78 is 4.41. The summed E-state index contributed by atoms with van der Waals surface area (Å²) in [5, 5.41) is 18.0. The molecule has 0 bridgehead atoms. The molecule has 0 saturated heterocycles. The molecule has 4 heteroatoms. The van der Waals surface area contributed by atoms with Gasteiger partial charge in [0.25, 0.3) is 0 Å². The van der Waals surface area contributed by atoms with E-state index in [1.165, 1.54) is 6.07 Å². The third-order valence-electron chi connectivity index (χ3n) is 2.03. The van der Waals surface area contributed by atoms with Gasteiger partial charge >= 0.3 is 6.16 Å². The van der Waals surface area contributed by atoms with E-state index in [1.54, 1.807) is 6.07 Å². The Morgan fingerprint density at radius 1 is 1.50 bits per heavy atom. The Morgan fingerprint density at radius 2 is 2.14 bits per heavy atom. The number of phenols is 1. The Kier molecular flexibility index (Phi) is 2.96. The number of rotatable bonds is 2. The molecule has 0 aliphatic heterocycles. The molecule has 1 aromatic rings. The van der Waals surface area contributed by atoms with E-state index in [2.05, 4.69) is 4.74 Å². The van der Waals surface area contributed by atoms with Crippen LogP contribution in [0, 0.1) is 6.92 Å². The largest absolute Gasteiger partial charge is 0.511 e. The van der Waals surface area contributed by atoms with Crippen LogP contribution in [0.2, 0.25) is 0 Å². The quantitative estimate of drug-likeness (QED) is 0.562. The number of benzene rings is 1. The highest BCUT2D eigenvalue weighted by atomic mass is 16.7. The first kappa shape index (κ1) is 10.4. The highest BCUT2D eigenvalue weighted by Gasteiger charge is 2.12. The van der Waals surface area contributed by atoms with Gasteiger partial charge in [0.2, 0.25) is 0 Å². The normalized spacial score (nSPS) is 9.86. The number of aryl methyl sites for hydroxylation is 1. The van der Waals surface area contributed by atoms with Crippen molar-refractivity contribution >= 4 is 6.16 Å². The molecule has 2 N–H and O–H groups in total. The highest BCUT2D eigenvalue weighted by molar-refractivity contribution is 5.64. The Morgan fingerprint density at radius 3 is 2.64 bits per heavy atom. The highest BCUT2D eigenvalue weighted by Crippen LogP contribution is 2.32. The van der Waals surface area contributed by atoms with Gasteiger partial charge in [0, 0.05) is 5.56 Å². The molecule has 14 heavy (non-hydrogen) atoms. The predicted octanol–water partition coefficient (Wildman–Crippen LogP) is 2.32. The smallest absolute Gasteiger partial charge is 0.504 e. The molecule has 0 fully saturated rings. The van der Waals surface area contributed by atoms with E-state index < -0.39 is 6.16 Å². The maximum atomic E-state index is 10.3. The summed E-state index contributed by atoms with van der Waals surface area (Å²) in [4.78, 5) is 10.3. The van der Waals surface area contributed by atoms with Crippen LogP contribution in [0.15, 0.2) is 12.1 Å². The minimum absolute atomic E-state index is 0.0139. The van der Waals surface area contributed by atoms with Crippen LogP contribution in [0.4, 0.5) is 4.79 Å². The second kappa shape index (κ2) is 4.00. The van der Waals surface area contributed by atoms with Crippen molar-refractivity contribution in [1.29, 1.82) is 0 Å². The number of carboxylic acid groups (broad SMARTS) is 1. The Labute approximate surface area is 81.8 Å². The third kappa shape index (κ3) is 1.96. The third-order valence-corrected chi connectivity index (χ3v) is 2.03. The number of hydrogen-bond donors (Lipinski definition) is 2. The molecule has 0 aromatic heterocycles. The van der Waals surface area contributed by atoms with Gasteiger partial charge in [-0.3, -0.25) is 0 Å². The van der Waals surface area contributed by atoms with Crippen molar-refractivity contribution in [2.24, 2.45) is 0 Å². The minimum Gasteiger partial charge on any atom is -0.504 e. The van der Waals surface area contributed by atoms with Crippen molar-refractivity contribution in [2.45, 2.75) is 20.3 Å². The first-order valence-corrected chi connectivity index (χ1v) is 4.28. The summed E-state index contributed by atoms with van der Waals surface area (Å²) in [6.45, 7) is 3.73. The van der Waals surface area contributed by atoms with Crippen molar-refractivity contribution in [2.75, 3.05) is 0 Å². The average molecular weight is 196 g/mol. The molecule has 0 saturated carbocycles. The van der Waals surface area contributed by atoms with Crippen molar-refractivity contribution in [3.05, 3.63) is 23.3 Å². The summed E-state index contributed by atoms with van der Waals surface area (Å²) in [6, 6.07) is 3.16. The van der Waals surface area contributed by atoms with E-state index in [9.17, 15) is 9.90 Å². The fourth-order valence-corrected chi connectivity index (χ4v) is 1.34. The van der Waals surface area contributed by atoms with Gasteiger partial charge in [-0.2, -0.15) is 0 Å². The monoisotopic (exact) mass is 196 g/mol. The lowest BCUT2D eigenvalue weighted by Crippen LogP contribution is -2.04. The van der Waals surface area contributed by atoms with E-state index in [0.29, 0.717) is 12.0 Å². The summed E-state index contributed by atoms with van der Waals surface area (Å²) in [7, 11) is 0. The average Bonchev–Trinajstić information content (AvgIpc) is 2.10. The molecule has 0 spiro atoms. The zero-order valence-electron chi connectivity index (χ0n) is 8.07. The molecule has 0 aliphatic rings. The Bertz CT molecular complexity index is 357. The lowest BCUT2D eigenvalue weighted by atomic mass is 10.0. The van der Waals surface area contributed by atoms with Crippen LogP contribution in [-0.2, 0) is 6.42 Å². The lowest BCUT2D eigenvalue weighted by Gasteiger charge is -2.09. The molecule has 0 aliphatic carbocycles. The standard InChI is InChI=1S/C10H12O4/c1-3-7-6(2)4-5-8(9(7)11)14-10(12)13/h4-5,11H,3H2,1-2H3,(H,12,13). The second-order valence-electron chi connectivity index (χ2n) is 2.93. The van der Waals surface area contributed by atoms with Gasteiger partial charge in [-0.1, -0.05) is 13.0 Å². The molecule has 0 unspecified atom stereocenters. The molecule has 0 amide bonds. The Balaban J connectivity index is 3.14. The SMILES string of the molecule is CCc1c(C)ccc(OC(=O)O)c1O. The van der Waals surface area contributed by atoms with Crippen LogP contribution >= 0.6 is 0 Å². The van der Waals surface area contributed by atoms with Crippen LogP contribution in [0.25, 0.3) is 0 Å². The van der Waals surface area contributed by atoms with Gasteiger partial charge < -0.3 is 14.9 Å². The zero-order valence-corrected chi connectivity index (χ0v) is 8.07. The van der Waals surface area contributed by atoms with Gasteiger partial charge in [-0.05, 0) is 25.0 Å².